The van der Waals surface area contributed by atoms with Crippen LogP contribution in [0.3, 0.4) is 0 Å². The Balaban J connectivity index is 1.88. The van der Waals surface area contributed by atoms with E-state index in [1.165, 1.54) is 18.2 Å². The zero-order valence-electron chi connectivity index (χ0n) is 14.6. The van der Waals surface area contributed by atoms with Gasteiger partial charge in [-0.3, -0.25) is 0 Å². The number of halogens is 3. The first-order chi connectivity index (χ1) is 12.5. The standard InChI is InChI=1S/C21H21F3O2/c1-3-15-7-5-14(12-26-15)17-9-8-16(20(23)21(17)24)13-6-10-19(25-4-2)18(22)11-13/h3,6,8-11,14-15H,1,4-5,7,12H2,2H3. The molecule has 0 spiro atoms. The van der Waals surface area contributed by atoms with Gasteiger partial charge >= 0.3 is 0 Å². The van der Waals surface area contributed by atoms with Crippen LogP contribution in [-0.4, -0.2) is 19.3 Å². The molecule has 1 heterocycles. The third-order valence-corrected chi connectivity index (χ3v) is 4.67. The Morgan fingerprint density at radius 2 is 1.96 bits per heavy atom. The number of benzene rings is 2. The summed E-state index contributed by atoms with van der Waals surface area (Å²) >= 11 is 0. The minimum atomic E-state index is -0.975. The average Bonchev–Trinajstić information content (AvgIpc) is 2.66. The first-order valence-corrected chi connectivity index (χ1v) is 8.69. The highest BCUT2D eigenvalue weighted by Crippen LogP contribution is 2.35. The van der Waals surface area contributed by atoms with Gasteiger partial charge in [0, 0.05) is 11.5 Å². The lowest BCUT2D eigenvalue weighted by Gasteiger charge is -2.28. The van der Waals surface area contributed by atoms with Crippen molar-refractivity contribution in [2.45, 2.75) is 31.8 Å². The molecule has 1 aliphatic rings. The van der Waals surface area contributed by atoms with Crippen molar-refractivity contribution in [2.24, 2.45) is 0 Å². The number of ether oxygens (including phenoxy) is 2. The van der Waals surface area contributed by atoms with Crippen molar-refractivity contribution in [3.8, 4) is 16.9 Å². The van der Waals surface area contributed by atoms with Gasteiger partial charge in [-0.2, -0.15) is 0 Å². The SMILES string of the molecule is C=CC1CCC(c2ccc(-c3ccc(OCC)c(F)c3)c(F)c2F)CO1. The normalized spacial score (nSPS) is 20.0. The lowest BCUT2D eigenvalue weighted by atomic mass is 9.89. The molecule has 0 saturated carbocycles. The van der Waals surface area contributed by atoms with Gasteiger partial charge in [-0.15, -0.1) is 6.58 Å². The summed E-state index contributed by atoms with van der Waals surface area (Å²) in [7, 11) is 0. The Morgan fingerprint density at radius 3 is 2.58 bits per heavy atom. The molecule has 0 bridgehead atoms. The van der Waals surface area contributed by atoms with Crippen molar-refractivity contribution in [1.29, 1.82) is 0 Å². The predicted octanol–water partition coefficient (Wildman–Crippen LogP) is 5.62. The van der Waals surface area contributed by atoms with Crippen LogP contribution < -0.4 is 4.74 Å². The maximum Gasteiger partial charge on any atom is 0.166 e. The van der Waals surface area contributed by atoms with Crippen LogP contribution in [0.2, 0.25) is 0 Å². The van der Waals surface area contributed by atoms with Crippen LogP contribution >= 0.6 is 0 Å². The fourth-order valence-corrected chi connectivity index (χ4v) is 3.25. The third-order valence-electron chi connectivity index (χ3n) is 4.67. The van der Waals surface area contributed by atoms with Gasteiger partial charge in [0.2, 0.25) is 0 Å². The molecule has 26 heavy (non-hydrogen) atoms. The zero-order valence-corrected chi connectivity index (χ0v) is 14.6. The Labute approximate surface area is 151 Å². The third kappa shape index (κ3) is 3.63. The smallest absolute Gasteiger partial charge is 0.166 e. The van der Waals surface area contributed by atoms with Crippen molar-refractivity contribution in [3.05, 3.63) is 66.0 Å². The molecule has 2 aromatic carbocycles. The van der Waals surface area contributed by atoms with Gasteiger partial charge in [-0.05, 0) is 43.0 Å². The highest BCUT2D eigenvalue weighted by atomic mass is 19.2. The van der Waals surface area contributed by atoms with Gasteiger partial charge < -0.3 is 9.47 Å². The molecule has 1 saturated heterocycles. The lowest BCUT2D eigenvalue weighted by Crippen LogP contribution is -2.23. The van der Waals surface area contributed by atoms with Gasteiger partial charge in [0.1, 0.15) is 0 Å². The van der Waals surface area contributed by atoms with Crippen molar-refractivity contribution < 1.29 is 22.6 Å². The summed E-state index contributed by atoms with van der Waals surface area (Å²) in [5.41, 5.74) is 0.578. The second kappa shape index (κ2) is 7.96. The summed E-state index contributed by atoms with van der Waals surface area (Å²) in [5, 5.41) is 0. The Kier molecular flexibility index (Phi) is 5.67. The van der Waals surface area contributed by atoms with Crippen LogP contribution in [0.5, 0.6) is 5.75 Å². The molecule has 0 aliphatic carbocycles. The zero-order chi connectivity index (χ0) is 18.7. The second-order valence-corrected chi connectivity index (χ2v) is 6.29. The molecule has 1 fully saturated rings. The van der Waals surface area contributed by atoms with E-state index in [0.29, 0.717) is 25.2 Å². The van der Waals surface area contributed by atoms with Gasteiger partial charge in [0.15, 0.2) is 23.2 Å². The largest absolute Gasteiger partial charge is 0.491 e. The summed E-state index contributed by atoms with van der Waals surface area (Å²) < 4.78 is 54.0. The van der Waals surface area contributed by atoms with E-state index in [2.05, 4.69) is 6.58 Å². The molecule has 138 valence electrons. The fraction of sp³-hybridized carbons (Fsp3) is 0.333. The van der Waals surface area contributed by atoms with Crippen molar-refractivity contribution in [1.82, 2.24) is 0 Å². The lowest BCUT2D eigenvalue weighted by molar-refractivity contribution is 0.0320. The highest BCUT2D eigenvalue weighted by molar-refractivity contribution is 5.66. The van der Waals surface area contributed by atoms with E-state index in [1.807, 2.05) is 0 Å². The molecule has 1 aliphatic heterocycles. The molecule has 2 unspecified atom stereocenters. The Bertz CT molecular complexity index is 796. The Morgan fingerprint density at radius 1 is 1.15 bits per heavy atom. The van der Waals surface area contributed by atoms with E-state index in [0.717, 1.165) is 12.5 Å². The summed E-state index contributed by atoms with van der Waals surface area (Å²) in [6.07, 6.45) is 3.10. The van der Waals surface area contributed by atoms with Crippen molar-refractivity contribution in [2.75, 3.05) is 13.2 Å². The van der Waals surface area contributed by atoms with Crippen LogP contribution in [0.4, 0.5) is 13.2 Å². The van der Waals surface area contributed by atoms with Crippen LogP contribution in [-0.2, 0) is 4.74 Å². The summed E-state index contributed by atoms with van der Waals surface area (Å²) in [6, 6.07) is 7.14. The Hall–Kier alpha value is -2.27. The maximum absolute atomic E-state index is 14.6. The maximum atomic E-state index is 14.6. The van der Waals surface area contributed by atoms with Crippen LogP contribution in [0.15, 0.2) is 43.0 Å². The van der Waals surface area contributed by atoms with E-state index in [9.17, 15) is 13.2 Å². The summed E-state index contributed by atoms with van der Waals surface area (Å²) in [6.45, 7) is 6.08. The molecule has 0 amide bonds. The van der Waals surface area contributed by atoms with Crippen LogP contribution in [0, 0.1) is 17.5 Å². The van der Waals surface area contributed by atoms with Crippen molar-refractivity contribution >= 4 is 0 Å². The summed E-state index contributed by atoms with van der Waals surface area (Å²) in [5.74, 6) is -2.60. The molecule has 3 rings (SSSR count). The van der Waals surface area contributed by atoms with E-state index in [-0.39, 0.29) is 28.9 Å². The minimum Gasteiger partial charge on any atom is -0.491 e. The van der Waals surface area contributed by atoms with E-state index >= 15 is 0 Å². The number of hydrogen-bond donors (Lipinski definition) is 0. The molecular weight excluding hydrogens is 341 g/mol. The molecular formula is C21H21F3O2. The quantitative estimate of drug-likeness (QED) is 0.643. The first-order valence-electron chi connectivity index (χ1n) is 8.69. The number of hydrogen-bond acceptors (Lipinski definition) is 2. The highest BCUT2D eigenvalue weighted by Gasteiger charge is 2.26. The molecule has 0 radical (unpaired) electrons. The minimum absolute atomic E-state index is 0.0221. The van der Waals surface area contributed by atoms with Gasteiger partial charge in [-0.1, -0.05) is 24.3 Å². The molecule has 2 nitrogen and oxygen atoms in total. The van der Waals surface area contributed by atoms with E-state index < -0.39 is 17.5 Å². The van der Waals surface area contributed by atoms with Crippen LogP contribution in [0.25, 0.3) is 11.1 Å². The first kappa shape index (κ1) is 18.5. The monoisotopic (exact) mass is 362 g/mol. The van der Waals surface area contributed by atoms with E-state index in [1.54, 1.807) is 19.1 Å². The fourth-order valence-electron chi connectivity index (χ4n) is 3.25. The topological polar surface area (TPSA) is 18.5 Å². The van der Waals surface area contributed by atoms with Gasteiger partial charge in [-0.25, -0.2) is 13.2 Å². The molecule has 2 aromatic rings. The van der Waals surface area contributed by atoms with E-state index in [4.69, 9.17) is 9.47 Å². The van der Waals surface area contributed by atoms with Gasteiger partial charge in [0.05, 0.1) is 19.3 Å². The summed E-state index contributed by atoms with van der Waals surface area (Å²) in [4.78, 5) is 0. The van der Waals surface area contributed by atoms with Gasteiger partial charge in [0.25, 0.3) is 0 Å². The number of rotatable bonds is 5. The van der Waals surface area contributed by atoms with Crippen LogP contribution in [0.1, 0.15) is 31.2 Å². The average molecular weight is 362 g/mol. The predicted molar refractivity (Wildman–Crippen MR) is 94.8 cm³/mol. The molecule has 5 heteroatoms. The van der Waals surface area contributed by atoms with Crippen molar-refractivity contribution in [3.63, 3.8) is 0 Å². The molecule has 2 atom stereocenters. The second-order valence-electron chi connectivity index (χ2n) is 6.29. The molecule has 0 aromatic heterocycles. The molecule has 0 N–H and O–H groups in total.